The molecule has 2 aromatic rings. The molecular weight excluding hydrogens is 450 g/mol. The molecule has 5 atom stereocenters. The predicted octanol–water partition coefficient (Wildman–Crippen LogP) is 4.64. The van der Waals surface area contributed by atoms with E-state index in [1.807, 2.05) is 21.2 Å². The van der Waals surface area contributed by atoms with Crippen LogP contribution in [0.15, 0.2) is 34.1 Å². The van der Waals surface area contributed by atoms with Crippen LogP contribution in [0.25, 0.3) is 0 Å². The maximum Gasteiger partial charge on any atom is 0.308 e. The second-order valence-corrected chi connectivity index (χ2v) is 12.7. The van der Waals surface area contributed by atoms with E-state index in [4.69, 9.17) is 0 Å². The minimum absolute atomic E-state index is 0.0418. The molecule has 6 rings (SSSR count). The van der Waals surface area contributed by atoms with Gasteiger partial charge in [0.05, 0.1) is 5.03 Å². The molecule has 0 N–H and O–H groups in total. The van der Waals surface area contributed by atoms with Gasteiger partial charge in [0.25, 0.3) is 0 Å². The number of amides is 1. The molecule has 1 aromatic heterocycles. The fraction of sp³-hybridized carbons (Fsp3) is 0.615. The summed E-state index contributed by atoms with van der Waals surface area (Å²) in [4.78, 5) is 31.7. The number of fused-ring (bicyclic) bond motifs is 6. The van der Waals surface area contributed by atoms with Crippen molar-refractivity contribution in [2.75, 3.05) is 32.1 Å². The molecule has 2 bridgehead atoms. The first-order valence-electron chi connectivity index (χ1n) is 12.5. The van der Waals surface area contributed by atoms with E-state index < -0.39 is 0 Å². The van der Waals surface area contributed by atoms with Gasteiger partial charge >= 0.3 is 4.87 Å². The highest BCUT2D eigenvalue weighted by Gasteiger charge is 2.55. The second-order valence-electron chi connectivity index (χ2n) is 10.5. The van der Waals surface area contributed by atoms with Crippen molar-refractivity contribution in [1.29, 1.82) is 0 Å². The largest absolute Gasteiger partial charge is 0.378 e. The van der Waals surface area contributed by atoms with Crippen LogP contribution < -0.4 is 9.77 Å². The Hall–Kier alpha value is -1.73. The molecule has 3 heterocycles. The number of anilines is 1. The summed E-state index contributed by atoms with van der Waals surface area (Å²) in [6.07, 6.45) is 7.34. The van der Waals surface area contributed by atoms with Crippen LogP contribution in [0.1, 0.15) is 54.9 Å². The summed E-state index contributed by atoms with van der Waals surface area (Å²) in [5, 5.41) is 1.66. The number of piperidine rings is 1. The highest BCUT2D eigenvalue weighted by molar-refractivity contribution is 8.00. The third-order valence-corrected chi connectivity index (χ3v) is 11.3. The lowest BCUT2D eigenvalue weighted by Gasteiger charge is -2.40. The molecule has 1 saturated heterocycles. The summed E-state index contributed by atoms with van der Waals surface area (Å²) < 4.78 is 1.82. The number of nitrogens with zero attached hydrogens (tertiary/aromatic N) is 3. The number of thiazole rings is 1. The standard InChI is InChI=1S/C26H33N3O2S2/c1-27(2)19-10-8-16(9-11-19)21-22-17-6-7-18(14-17)23(22)32-25-24(21)33-26(31)29(25)15-20(30)28-12-4-3-5-13-28/h8-11,17-18,21-23H,3-7,12-15H2,1-2H3/t17?,18?,21-,22?,23?/m0/s1. The van der Waals surface area contributed by atoms with Gasteiger partial charge in [-0.2, -0.15) is 0 Å². The first-order chi connectivity index (χ1) is 16.0. The maximum absolute atomic E-state index is 13.2. The van der Waals surface area contributed by atoms with Gasteiger partial charge in [0.15, 0.2) is 0 Å². The number of rotatable bonds is 4. The molecule has 2 saturated carbocycles. The monoisotopic (exact) mass is 483 g/mol. The van der Waals surface area contributed by atoms with Crippen molar-refractivity contribution in [3.05, 3.63) is 44.4 Å². The number of aromatic nitrogens is 1. The van der Waals surface area contributed by atoms with Gasteiger partial charge in [0.1, 0.15) is 6.54 Å². The molecule has 176 valence electrons. The third kappa shape index (κ3) is 3.66. The number of thioether (sulfide) groups is 1. The number of carbonyl (C=O) groups excluding carboxylic acids is 1. The fourth-order valence-electron chi connectivity index (χ4n) is 6.82. The summed E-state index contributed by atoms with van der Waals surface area (Å²) >= 11 is 3.33. The molecule has 2 aliphatic heterocycles. The summed E-state index contributed by atoms with van der Waals surface area (Å²) in [7, 11) is 4.14. The van der Waals surface area contributed by atoms with E-state index in [2.05, 4.69) is 43.3 Å². The quantitative estimate of drug-likeness (QED) is 0.636. The number of carbonyl (C=O) groups is 1. The Morgan fingerprint density at radius 1 is 1.06 bits per heavy atom. The molecule has 3 fully saturated rings. The molecule has 2 aliphatic carbocycles. The first-order valence-corrected chi connectivity index (χ1v) is 14.2. The average Bonchev–Trinajstić information content (AvgIpc) is 3.53. The SMILES string of the molecule is CN(C)c1ccc([C@@H]2c3sc(=O)n(CC(=O)N4CCCCC4)c3SC3C4CCC(C4)C32)cc1. The predicted molar refractivity (Wildman–Crippen MR) is 136 cm³/mol. The van der Waals surface area contributed by atoms with E-state index in [-0.39, 0.29) is 23.2 Å². The Kier molecular flexibility index (Phi) is 5.60. The molecule has 4 unspecified atom stereocenters. The molecule has 33 heavy (non-hydrogen) atoms. The van der Waals surface area contributed by atoms with Crippen LogP contribution >= 0.6 is 23.1 Å². The average molecular weight is 484 g/mol. The molecule has 0 radical (unpaired) electrons. The lowest BCUT2D eigenvalue weighted by atomic mass is 9.75. The van der Waals surface area contributed by atoms with Crippen molar-refractivity contribution in [3.8, 4) is 0 Å². The fourth-order valence-corrected chi connectivity index (χ4v) is 9.97. The number of benzene rings is 1. The summed E-state index contributed by atoms with van der Waals surface area (Å²) in [6.45, 7) is 1.88. The van der Waals surface area contributed by atoms with Gasteiger partial charge in [0, 0.05) is 48.9 Å². The van der Waals surface area contributed by atoms with Gasteiger partial charge in [-0.3, -0.25) is 14.2 Å². The minimum atomic E-state index is 0.0418. The Balaban J connectivity index is 1.39. The lowest BCUT2D eigenvalue weighted by molar-refractivity contribution is -0.132. The van der Waals surface area contributed by atoms with E-state index in [9.17, 15) is 9.59 Å². The summed E-state index contributed by atoms with van der Waals surface area (Å²) in [5.74, 6) is 2.51. The highest BCUT2D eigenvalue weighted by Crippen LogP contribution is 2.64. The molecule has 1 amide bonds. The van der Waals surface area contributed by atoms with Crippen molar-refractivity contribution in [1.82, 2.24) is 9.47 Å². The smallest absolute Gasteiger partial charge is 0.308 e. The highest BCUT2D eigenvalue weighted by atomic mass is 32.2. The molecule has 7 heteroatoms. The van der Waals surface area contributed by atoms with Crippen molar-refractivity contribution in [2.45, 2.75) is 61.3 Å². The van der Waals surface area contributed by atoms with E-state index in [0.29, 0.717) is 11.2 Å². The van der Waals surface area contributed by atoms with E-state index in [1.165, 1.54) is 53.1 Å². The Labute approximate surface area is 204 Å². The van der Waals surface area contributed by atoms with Crippen LogP contribution in [-0.2, 0) is 11.3 Å². The third-order valence-electron chi connectivity index (χ3n) is 8.46. The van der Waals surface area contributed by atoms with E-state index >= 15 is 0 Å². The van der Waals surface area contributed by atoms with Crippen LogP contribution in [0.3, 0.4) is 0 Å². The number of hydrogen-bond acceptors (Lipinski definition) is 5. The maximum atomic E-state index is 13.2. The van der Waals surface area contributed by atoms with Gasteiger partial charge in [0.2, 0.25) is 5.91 Å². The molecule has 5 nitrogen and oxygen atoms in total. The van der Waals surface area contributed by atoms with Crippen molar-refractivity contribution >= 4 is 34.7 Å². The Morgan fingerprint density at radius 2 is 1.79 bits per heavy atom. The zero-order valence-electron chi connectivity index (χ0n) is 19.5. The zero-order valence-corrected chi connectivity index (χ0v) is 21.2. The molecule has 4 aliphatic rings. The molecule has 1 aromatic carbocycles. The van der Waals surface area contributed by atoms with Gasteiger partial charge in [-0.1, -0.05) is 23.5 Å². The Bertz CT molecular complexity index is 1100. The summed E-state index contributed by atoms with van der Waals surface area (Å²) in [5.41, 5.74) is 2.53. The van der Waals surface area contributed by atoms with Crippen LogP contribution in [0.4, 0.5) is 5.69 Å². The molecule has 0 spiro atoms. The van der Waals surface area contributed by atoms with Crippen LogP contribution in [-0.4, -0.2) is 47.8 Å². The van der Waals surface area contributed by atoms with Crippen LogP contribution in [0, 0.1) is 17.8 Å². The number of likely N-dealkylation sites (tertiary alicyclic amines) is 1. The summed E-state index contributed by atoms with van der Waals surface area (Å²) in [6, 6.07) is 8.96. The van der Waals surface area contributed by atoms with Crippen LogP contribution in [0.2, 0.25) is 0 Å². The van der Waals surface area contributed by atoms with Gasteiger partial charge in [-0.25, -0.2) is 0 Å². The van der Waals surface area contributed by atoms with Crippen molar-refractivity contribution in [3.63, 3.8) is 0 Å². The van der Waals surface area contributed by atoms with E-state index in [0.717, 1.165) is 42.8 Å². The van der Waals surface area contributed by atoms with Gasteiger partial charge in [-0.05, 0) is 74.0 Å². The number of hydrogen-bond donors (Lipinski definition) is 0. The molecular formula is C26H33N3O2S2. The van der Waals surface area contributed by atoms with E-state index in [1.54, 1.807) is 0 Å². The first kappa shape index (κ1) is 21.8. The van der Waals surface area contributed by atoms with Gasteiger partial charge in [-0.15, -0.1) is 11.8 Å². The second kappa shape index (κ2) is 8.49. The topological polar surface area (TPSA) is 45.6 Å². The van der Waals surface area contributed by atoms with Crippen LogP contribution in [0.5, 0.6) is 0 Å². The lowest BCUT2D eigenvalue weighted by Crippen LogP contribution is -2.39. The minimum Gasteiger partial charge on any atom is -0.378 e. The Morgan fingerprint density at radius 3 is 2.52 bits per heavy atom. The van der Waals surface area contributed by atoms with Crippen molar-refractivity contribution < 1.29 is 4.79 Å². The zero-order chi connectivity index (χ0) is 22.7. The van der Waals surface area contributed by atoms with Crippen molar-refractivity contribution in [2.24, 2.45) is 17.8 Å². The van der Waals surface area contributed by atoms with Gasteiger partial charge < -0.3 is 9.80 Å². The normalized spacial score (nSPS) is 30.2.